The van der Waals surface area contributed by atoms with Gasteiger partial charge in [0, 0.05) is 11.1 Å². The lowest BCUT2D eigenvalue weighted by molar-refractivity contribution is -0.124. The van der Waals surface area contributed by atoms with E-state index in [4.69, 9.17) is 0 Å². The Hall–Kier alpha value is -2.37. The molecule has 1 unspecified atom stereocenters. The fourth-order valence-corrected chi connectivity index (χ4v) is 1.95. The lowest BCUT2D eigenvalue weighted by Gasteiger charge is -2.11. The summed E-state index contributed by atoms with van der Waals surface area (Å²) in [5, 5.41) is 13.0. The van der Waals surface area contributed by atoms with Gasteiger partial charge in [0.2, 0.25) is 11.8 Å². The highest BCUT2D eigenvalue weighted by molar-refractivity contribution is 6.07. The van der Waals surface area contributed by atoms with Crippen molar-refractivity contribution in [3.05, 3.63) is 24.4 Å². The third kappa shape index (κ3) is 1.63. The van der Waals surface area contributed by atoms with Crippen LogP contribution in [0.2, 0.25) is 0 Å². The van der Waals surface area contributed by atoms with E-state index in [1.807, 2.05) is 18.2 Å². The number of rotatable bonds is 2. The summed E-state index contributed by atoms with van der Waals surface area (Å²) in [6, 6.07) is 5.11. The van der Waals surface area contributed by atoms with E-state index in [0.717, 1.165) is 16.6 Å². The number of nitrogens with zero attached hydrogens (tertiary/aromatic N) is 1. The lowest BCUT2D eigenvalue weighted by Crippen LogP contribution is -2.30. The molecule has 0 bridgehead atoms. The second-order valence-corrected chi connectivity index (χ2v) is 3.95. The van der Waals surface area contributed by atoms with E-state index < -0.39 is 6.04 Å². The van der Waals surface area contributed by atoms with Gasteiger partial charge in [-0.05, 0) is 12.1 Å². The summed E-state index contributed by atoms with van der Waals surface area (Å²) in [4.78, 5) is 22.5. The Bertz CT molecular complexity index is 604. The smallest absolute Gasteiger partial charge is 0.249 e. The van der Waals surface area contributed by atoms with Crippen LogP contribution >= 0.6 is 0 Å². The number of aromatic nitrogens is 2. The van der Waals surface area contributed by atoms with Gasteiger partial charge in [0.15, 0.2) is 0 Å². The molecule has 1 fully saturated rings. The Balaban J connectivity index is 1.92. The van der Waals surface area contributed by atoms with Crippen LogP contribution in [-0.2, 0) is 9.59 Å². The number of imide groups is 1. The molecule has 17 heavy (non-hydrogen) atoms. The largest absolute Gasteiger partial charge is 0.373 e. The fourth-order valence-electron chi connectivity index (χ4n) is 1.95. The molecule has 2 amide bonds. The lowest BCUT2D eigenvalue weighted by atomic mass is 10.2. The molecular formula is C11H10N4O2. The summed E-state index contributed by atoms with van der Waals surface area (Å²) >= 11 is 0. The summed E-state index contributed by atoms with van der Waals surface area (Å²) in [5.41, 5.74) is 1.69. The number of aromatic amines is 1. The molecule has 3 N–H and O–H groups in total. The number of hydrogen-bond donors (Lipinski definition) is 3. The molecule has 1 atom stereocenters. The number of benzene rings is 1. The van der Waals surface area contributed by atoms with Gasteiger partial charge in [0.05, 0.1) is 18.1 Å². The average Bonchev–Trinajstić information content (AvgIpc) is 2.87. The van der Waals surface area contributed by atoms with Crippen LogP contribution in [-0.4, -0.2) is 28.1 Å². The fraction of sp³-hybridized carbons (Fsp3) is 0.182. The first kappa shape index (κ1) is 9.83. The number of fused-ring (bicyclic) bond motifs is 1. The van der Waals surface area contributed by atoms with Crippen molar-refractivity contribution < 1.29 is 9.59 Å². The molecule has 6 nitrogen and oxygen atoms in total. The number of hydrogen-bond acceptors (Lipinski definition) is 4. The summed E-state index contributed by atoms with van der Waals surface area (Å²) < 4.78 is 0. The van der Waals surface area contributed by atoms with Gasteiger partial charge in [-0.25, -0.2) is 0 Å². The van der Waals surface area contributed by atoms with E-state index in [1.54, 1.807) is 6.20 Å². The minimum absolute atomic E-state index is 0.174. The molecule has 2 heterocycles. The summed E-state index contributed by atoms with van der Waals surface area (Å²) in [6.07, 6.45) is 1.86. The third-order valence-electron chi connectivity index (χ3n) is 2.78. The Morgan fingerprint density at radius 1 is 1.35 bits per heavy atom. The van der Waals surface area contributed by atoms with Gasteiger partial charge in [-0.2, -0.15) is 5.10 Å². The van der Waals surface area contributed by atoms with Crippen molar-refractivity contribution in [2.75, 3.05) is 5.32 Å². The van der Waals surface area contributed by atoms with Crippen LogP contribution in [0.3, 0.4) is 0 Å². The second-order valence-electron chi connectivity index (χ2n) is 3.95. The molecule has 1 aliphatic rings. The van der Waals surface area contributed by atoms with Crippen LogP contribution in [0.25, 0.3) is 10.9 Å². The van der Waals surface area contributed by atoms with Gasteiger partial charge >= 0.3 is 0 Å². The third-order valence-corrected chi connectivity index (χ3v) is 2.78. The Labute approximate surface area is 96.4 Å². The monoisotopic (exact) mass is 230 g/mol. The van der Waals surface area contributed by atoms with E-state index in [-0.39, 0.29) is 18.2 Å². The zero-order valence-electron chi connectivity index (χ0n) is 8.86. The van der Waals surface area contributed by atoms with E-state index in [2.05, 4.69) is 20.8 Å². The normalized spacial score (nSPS) is 19.6. The molecule has 0 spiro atoms. The van der Waals surface area contributed by atoms with E-state index in [1.165, 1.54) is 0 Å². The minimum atomic E-state index is -0.497. The zero-order valence-corrected chi connectivity index (χ0v) is 8.86. The molecule has 6 heteroatoms. The maximum atomic E-state index is 11.4. The number of carbonyl (C=O) groups excluding carboxylic acids is 2. The van der Waals surface area contributed by atoms with Gasteiger partial charge in [-0.1, -0.05) is 6.07 Å². The van der Waals surface area contributed by atoms with Gasteiger partial charge < -0.3 is 5.32 Å². The van der Waals surface area contributed by atoms with E-state index in [9.17, 15) is 9.59 Å². The Kier molecular flexibility index (Phi) is 2.07. The predicted octanol–water partition coefficient (Wildman–Crippen LogP) is 0.390. The van der Waals surface area contributed by atoms with Crippen molar-refractivity contribution in [2.24, 2.45) is 0 Å². The van der Waals surface area contributed by atoms with Crippen LogP contribution in [0, 0.1) is 0 Å². The molecular weight excluding hydrogens is 220 g/mol. The maximum absolute atomic E-state index is 11.4. The first-order valence-corrected chi connectivity index (χ1v) is 5.26. The highest BCUT2D eigenvalue weighted by atomic mass is 16.2. The van der Waals surface area contributed by atoms with Crippen molar-refractivity contribution in [1.29, 1.82) is 0 Å². The van der Waals surface area contributed by atoms with Crippen molar-refractivity contribution >= 4 is 28.4 Å². The highest BCUT2D eigenvalue weighted by Gasteiger charge is 2.30. The van der Waals surface area contributed by atoms with Crippen molar-refractivity contribution in [3.8, 4) is 0 Å². The predicted molar refractivity (Wildman–Crippen MR) is 61.3 cm³/mol. The quantitative estimate of drug-likeness (QED) is 0.651. The molecule has 1 aromatic heterocycles. The van der Waals surface area contributed by atoms with Crippen LogP contribution < -0.4 is 10.6 Å². The molecule has 2 aromatic rings. The SMILES string of the molecule is O=C1CC(Nc2cccc3[nH]ncc23)C(=O)N1. The highest BCUT2D eigenvalue weighted by Crippen LogP contribution is 2.22. The topological polar surface area (TPSA) is 86.9 Å². The molecule has 86 valence electrons. The maximum Gasteiger partial charge on any atom is 0.249 e. The number of nitrogens with one attached hydrogen (secondary N) is 3. The number of carbonyl (C=O) groups is 2. The van der Waals surface area contributed by atoms with Crippen LogP contribution in [0.5, 0.6) is 0 Å². The van der Waals surface area contributed by atoms with Gasteiger partial charge in [-0.15, -0.1) is 0 Å². The number of anilines is 1. The number of H-pyrrole nitrogens is 1. The first-order valence-electron chi connectivity index (χ1n) is 5.26. The van der Waals surface area contributed by atoms with Crippen LogP contribution in [0.1, 0.15) is 6.42 Å². The van der Waals surface area contributed by atoms with Gasteiger partial charge in [-0.3, -0.25) is 20.0 Å². The number of amides is 2. The van der Waals surface area contributed by atoms with Crippen LogP contribution in [0.4, 0.5) is 5.69 Å². The average molecular weight is 230 g/mol. The summed E-state index contributed by atoms with van der Waals surface area (Å²) in [6.45, 7) is 0. The second kappa shape index (κ2) is 3.58. The molecule has 3 rings (SSSR count). The van der Waals surface area contributed by atoms with Gasteiger partial charge in [0.1, 0.15) is 6.04 Å². The van der Waals surface area contributed by atoms with E-state index >= 15 is 0 Å². The van der Waals surface area contributed by atoms with E-state index in [0.29, 0.717) is 0 Å². The standard InChI is InChI=1S/C11H10N4O2/c16-10-4-9(11(17)14-10)13-7-2-1-3-8-6(7)5-12-15-8/h1-3,5,9,13H,4H2,(H,12,15)(H,14,16,17). The summed E-state index contributed by atoms with van der Waals surface area (Å²) in [5.74, 6) is -0.526. The molecule has 1 saturated heterocycles. The minimum Gasteiger partial charge on any atom is -0.373 e. The molecule has 1 aliphatic heterocycles. The van der Waals surface area contributed by atoms with Crippen molar-refractivity contribution in [2.45, 2.75) is 12.5 Å². The zero-order chi connectivity index (χ0) is 11.8. The van der Waals surface area contributed by atoms with Crippen molar-refractivity contribution in [3.63, 3.8) is 0 Å². The summed E-state index contributed by atoms with van der Waals surface area (Å²) in [7, 11) is 0. The molecule has 0 saturated carbocycles. The Morgan fingerprint density at radius 3 is 3.00 bits per heavy atom. The van der Waals surface area contributed by atoms with Crippen LogP contribution in [0.15, 0.2) is 24.4 Å². The molecule has 0 radical (unpaired) electrons. The first-order chi connectivity index (χ1) is 8.24. The Morgan fingerprint density at radius 2 is 2.24 bits per heavy atom. The molecule has 1 aromatic carbocycles. The van der Waals surface area contributed by atoms with Crippen molar-refractivity contribution in [1.82, 2.24) is 15.5 Å². The molecule has 0 aliphatic carbocycles. The van der Waals surface area contributed by atoms with Gasteiger partial charge in [0.25, 0.3) is 0 Å².